The number of rotatable bonds is 1. The molecular formula is C13H17NO2S. The minimum absolute atomic E-state index is 0.286. The molecule has 0 amide bonds. The van der Waals surface area contributed by atoms with Crippen molar-refractivity contribution in [3.63, 3.8) is 0 Å². The summed E-state index contributed by atoms with van der Waals surface area (Å²) in [6.45, 7) is 2.05. The van der Waals surface area contributed by atoms with Gasteiger partial charge < -0.3 is 5.32 Å². The van der Waals surface area contributed by atoms with Gasteiger partial charge in [0.15, 0.2) is 9.84 Å². The molecular weight excluding hydrogens is 234 g/mol. The van der Waals surface area contributed by atoms with Crippen LogP contribution in [0.15, 0.2) is 23.1 Å². The molecule has 3 nitrogen and oxygen atoms in total. The lowest BCUT2D eigenvalue weighted by molar-refractivity contribution is 0.461. The number of piperidine rings is 1. The minimum atomic E-state index is -2.99. The van der Waals surface area contributed by atoms with Crippen LogP contribution < -0.4 is 5.32 Å². The summed E-state index contributed by atoms with van der Waals surface area (Å²) in [5.41, 5.74) is 2.18. The zero-order chi connectivity index (χ0) is 11.9. The maximum absolute atomic E-state index is 11.9. The van der Waals surface area contributed by atoms with Crippen molar-refractivity contribution >= 4 is 9.84 Å². The lowest BCUT2D eigenvalue weighted by Crippen LogP contribution is -2.28. The highest BCUT2D eigenvalue weighted by Gasteiger charge is 2.27. The fourth-order valence-corrected chi connectivity index (χ4v) is 4.41. The second-order valence-electron chi connectivity index (χ2n) is 4.98. The van der Waals surface area contributed by atoms with E-state index in [0.29, 0.717) is 17.2 Å². The molecule has 1 aromatic rings. The Morgan fingerprint density at radius 3 is 2.94 bits per heavy atom. The topological polar surface area (TPSA) is 46.2 Å². The molecule has 0 saturated carbocycles. The fraction of sp³-hybridized carbons (Fsp3) is 0.538. The number of hydrogen-bond acceptors (Lipinski definition) is 3. The van der Waals surface area contributed by atoms with Gasteiger partial charge in [-0.3, -0.25) is 0 Å². The molecule has 1 atom stereocenters. The lowest BCUT2D eigenvalue weighted by atomic mass is 9.91. The number of nitrogens with one attached hydrogen (secondary N) is 1. The standard InChI is InChI=1S/C13H17NO2S/c15-17(16)7-5-10-3-4-11(8-13(10)17)12-2-1-6-14-9-12/h3-4,8,12,14H,1-2,5-7,9H2. The summed E-state index contributed by atoms with van der Waals surface area (Å²) in [5.74, 6) is 0.763. The van der Waals surface area contributed by atoms with E-state index in [4.69, 9.17) is 0 Å². The Bertz CT molecular complexity index is 530. The molecule has 1 N–H and O–H groups in total. The van der Waals surface area contributed by atoms with Crippen LogP contribution in [0.25, 0.3) is 0 Å². The van der Waals surface area contributed by atoms with Gasteiger partial charge in [0, 0.05) is 6.54 Å². The molecule has 3 rings (SSSR count). The molecule has 1 fully saturated rings. The van der Waals surface area contributed by atoms with Crippen molar-refractivity contribution in [1.29, 1.82) is 0 Å². The van der Waals surface area contributed by atoms with E-state index in [1.54, 1.807) is 0 Å². The van der Waals surface area contributed by atoms with Crippen LogP contribution in [0.2, 0.25) is 0 Å². The van der Waals surface area contributed by atoms with Crippen LogP contribution in [0.4, 0.5) is 0 Å². The van der Waals surface area contributed by atoms with Crippen molar-refractivity contribution in [2.24, 2.45) is 0 Å². The van der Waals surface area contributed by atoms with Crippen LogP contribution in [-0.2, 0) is 16.3 Å². The first-order valence-corrected chi connectivity index (χ1v) is 7.88. The first-order valence-electron chi connectivity index (χ1n) is 6.23. The number of fused-ring (bicyclic) bond motifs is 1. The normalized spacial score (nSPS) is 26.7. The molecule has 1 unspecified atom stereocenters. The minimum Gasteiger partial charge on any atom is -0.316 e. The Hall–Kier alpha value is -0.870. The maximum Gasteiger partial charge on any atom is 0.178 e. The van der Waals surface area contributed by atoms with Gasteiger partial charge in [-0.25, -0.2) is 8.42 Å². The van der Waals surface area contributed by atoms with Crippen LogP contribution in [0.3, 0.4) is 0 Å². The van der Waals surface area contributed by atoms with Gasteiger partial charge >= 0.3 is 0 Å². The van der Waals surface area contributed by atoms with E-state index >= 15 is 0 Å². The van der Waals surface area contributed by atoms with E-state index in [0.717, 1.165) is 25.1 Å². The monoisotopic (exact) mass is 251 g/mol. The van der Waals surface area contributed by atoms with E-state index < -0.39 is 9.84 Å². The third-order valence-corrected chi connectivity index (χ3v) is 5.63. The Morgan fingerprint density at radius 1 is 1.29 bits per heavy atom. The van der Waals surface area contributed by atoms with Crippen LogP contribution in [-0.4, -0.2) is 27.3 Å². The second kappa shape index (κ2) is 4.10. The summed E-state index contributed by atoms with van der Waals surface area (Å²) in [7, 11) is -2.99. The molecule has 92 valence electrons. The lowest BCUT2D eigenvalue weighted by Gasteiger charge is -2.23. The smallest absolute Gasteiger partial charge is 0.178 e. The Morgan fingerprint density at radius 2 is 2.18 bits per heavy atom. The average Bonchev–Trinajstić information content (AvgIpc) is 2.66. The van der Waals surface area contributed by atoms with Crippen LogP contribution in [0, 0.1) is 0 Å². The fourth-order valence-electron chi connectivity index (χ4n) is 2.81. The zero-order valence-corrected chi connectivity index (χ0v) is 10.6. The van der Waals surface area contributed by atoms with Gasteiger partial charge in [-0.1, -0.05) is 12.1 Å². The highest BCUT2D eigenvalue weighted by atomic mass is 32.2. The van der Waals surface area contributed by atoms with Crippen LogP contribution in [0.5, 0.6) is 0 Å². The first-order chi connectivity index (χ1) is 8.17. The van der Waals surface area contributed by atoms with E-state index in [9.17, 15) is 8.42 Å². The largest absolute Gasteiger partial charge is 0.316 e. The summed E-state index contributed by atoms with van der Waals surface area (Å²) in [6.07, 6.45) is 3.02. The van der Waals surface area contributed by atoms with Gasteiger partial charge in [0.25, 0.3) is 0 Å². The molecule has 0 radical (unpaired) electrons. The van der Waals surface area contributed by atoms with Gasteiger partial charge in [0.1, 0.15) is 0 Å². The maximum atomic E-state index is 11.9. The van der Waals surface area contributed by atoms with Gasteiger partial charge in [0.2, 0.25) is 0 Å². The second-order valence-corrected chi connectivity index (χ2v) is 7.06. The third-order valence-electron chi connectivity index (χ3n) is 3.83. The molecule has 2 heterocycles. The van der Waals surface area contributed by atoms with Crippen molar-refractivity contribution in [3.05, 3.63) is 29.3 Å². The summed E-state index contributed by atoms with van der Waals surface area (Å²) in [5, 5.41) is 3.37. The Balaban J connectivity index is 1.98. The summed E-state index contributed by atoms with van der Waals surface area (Å²) in [6, 6.07) is 6.02. The molecule has 1 aromatic carbocycles. The van der Waals surface area contributed by atoms with Crippen molar-refractivity contribution in [1.82, 2.24) is 5.32 Å². The van der Waals surface area contributed by atoms with E-state index in [1.165, 1.54) is 12.0 Å². The third kappa shape index (κ3) is 2.00. The highest BCUT2D eigenvalue weighted by Crippen LogP contribution is 2.31. The quantitative estimate of drug-likeness (QED) is 0.822. The number of hydrogen-bond donors (Lipinski definition) is 1. The van der Waals surface area contributed by atoms with Crippen molar-refractivity contribution in [2.45, 2.75) is 30.1 Å². The van der Waals surface area contributed by atoms with Gasteiger partial charge in [0.05, 0.1) is 10.6 Å². The molecule has 0 aliphatic carbocycles. The number of benzene rings is 1. The van der Waals surface area contributed by atoms with E-state index in [2.05, 4.69) is 11.4 Å². The predicted molar refractivity (Wildman–Crippen MR) is 67.0 cm³/mol. The molecule has 0 spiro atoms. The summed E-state index contributed by atoms with van der Waals surface area (Å²) < 4.78 is 23.7. The molecule has 0 aromatic heterocycles. The summed E-state index contributed by atoms with van der Waals surface area (Å²) in [4.78, 5) is 0.584. The first kappa shape index (κ1) is 11.2. The van der Waals surface area contributed by atoms with Crippen LogP contribution >= 0.6 is 0 Å². The van der Waals surface area contributed by atoms with Gasteiger partial charge in [-0.05, 0) is 48.9 Å². The number of sulfone groups is 1. The van der Waals surface area contributed by atoms with Crippen molar-refractivity contribution in [3.8, 4) is 0 Å². The molecule has 2 aliphatic heterocycles. The van der Waals surface area contributed by atoms with Crippen molar-refractivity contribution < 1.29 is 8.42 Å². The van der Waals surface area contributed by atoms with E-state index in [-0.39, 0.29) is 5.75 Å². The zero-order valence-electron chi connectivity index (χ0n) is 9.78. The molecule has 2 aliphatic rings. The molecule has 0 bridgehead atoms. The van der Waals surface area contributed by atoms with Gasteiger partial charge in [-0.2, -0.15) is 0 Å². The Kier molecular flexibility index (Phi) is 2.71. The highest BCUT2D eigenvalue weighted by molar-refractivity contribution is 7.91. The Labute approximate surface area is 102 Å². The SMILES string of the molecule is O=S1(=O)CCc2ccc(C3CCCNC3)cc21. The van der Waals surface area contributed by atoms with Crippen LogP contribution in [0.1, 0.15) is 29.9 Å². The number of aryl methyl sites for hydroxylation is 1. The molecule has 4 heteroatoms. The average molecular weight is 251 g/mol. The molecule has 17 heavy (non-hydrogen) atoms. The predicted octanol–water partition coefficient (Wildman–Crippen LogP) is 1.48. The van der Waals surface area contributed by atoms with E-state index in [1.807, 2.05) is 12.1 Å². The molecule has 1 saturated heterocycles. The summed E-state index contributed by atoms with van der Waals surface area (Å²) >= 11 is 0. The van der Waals surface area contributed by atoms with Crippen molar-refractivity contribution in [2.75, 3.05) is 18.8 Å². The van der Waals surface area contributed by atoms with Gasteiger partial charge in [-0.15, -0.1) is 0 Å².